The minimum atomic E-state index is -0.186. The van der Waals surface area contributed by atoms with Crippen molar-refractivity contribution in [2.24, 2.45) is 0 Å². The molecule has 0 atom stereocenters. The van der Waals surface area contributed by atoms with Gasteiger partial charge in [0.2, 0.25) is 5.91 Å². The number of hydrogen-bond acceptors (Lipinski definition) is 8. The molecule has 4 aromatic rings. The van der Waals surface area contributed by atoms with Crippen molar-refractivity contribution >= 4 is 62.7 Å². The molecule has 6 nitrogen and oxygen atoms in total. The van der Waals surface area contributed by atoms with Gasteiger partial charge in [0.05, 0.1) is 28.3 Å². The summed E-state index contributed by atoms with van der Waals surface area (Å²) in [6, 6.07) is 11.5. The van der Waals surface area contributed by atoms with E-state index in [1.807, 2.05) is 52.7 Å². The largest absolute Gasteiger partial charge is 0.351 e. The van der Waals surface area contributed by atoms with Gasteiger partial charge in [0.1, 0.15) is 0 Å². The molecule has 0 aliphatic heterocycles. The van der Waals surface area contributed by atoms with Crippen LogP contribution in [0.1, 0.15) is 27.9 Å². The predicted molar refractivity (Wildman–Crippen MR) is 129 cm³/mol. The molecule has 0 radical (unpaired) electrons. The first kappa shape index (κ1) is 21.7. The Hall–Kier alpha value is -2.53. The third-order valence-electron chi connectivity index (χ3n) is 4.14. The first-order valence-electron chi connectivity index (χ1n) is 9.27. The number of nitrogens with one attached hydrogen (secondary N) is 2. The molecule has 1 aromatic carbocycles. The van der Waals surface area contributed by atoms with Crippen molar-refractivity contribution in [1.82, 2.24) is 15.3 Å². The van der Waals surface area contributed by atoms with E-state index >= 15 is 0 Å². The van der Waals surface area contributed by atoms with Crippen molar-refractivity contribution in [1.29, 1.82) is 0 Å². The molecule has 0 saturated carbocycles. The average Bonchev–Trinajstić information content (AvgIpc) is 3.52. The second-order valence-corrected chi connectivity index (χ2v) is 10.3. The maximum absolute atomic E-state index is 12.6. The van der Waals surface area contributed by atoms with E-state index in [2.05, 4.69) is 20.6 Å². The van der Waals surface area contributed by atoms with E-state index in [-0.39, 0.29) is 11.8 Å². The van der Waals surface area contributed by atoms with Crippen LogP contribution in [0, 0.1) is 0 Å². The Morgan fingerprint density at radius 1 is 1.10 bits per heavy atom. The second-order valence-electron chi connectivity index (χ2n) is 6.46. The van der Waals surface area contributed by atoms with E-state index in [1.165, 1.54) is 18.3 Å². The summed E-state index contributed by atoms with van der Waals surface area (Å²) in [4.78, 5) is 35.6. The molecule has 10 heteroatoms. The Balaban J connectivity index is 1.34. The highest BCUT2D eigenvalue weighted by atomic mass is 32.2. The van der Waals surface area contributed by atoms with Crippen LogP contribution < -0.4 is 10.6 Å². The molecule has 0 aliphatic carbocycles. The fourth-order valence-corrected chi connectivity index (χ4v) is 5.76. The van der Waals surface area contributed by atoms with E-state index in [9.17, 15) is 9.59 Å². The van der Waals surface area contributed by atoms with Crippen molar-refractivity contribution in [3.63, 3.8) is 0 Å². The van der Waals surface area contributed by atoms with Crippen LogP contribution in [0.25, 0.3) is 10.6 Å². The minimum absolute atomic E-state index is 0.0558. The quantitative estimate of drug-likeness (QED) is 0.321. The Morgan fingerprint density at radius 3 is 2.68 bits per heavy atom. The summed E-state index contributed by atoms with van der Waals surface area (Å²) in [6.07, 6.45) is 0. The molecule has 0 aliphatic rings. The lowest BCUT2D eigenvalue weighted by molar-refractivity contribution is -0.119. The summed E-state index contributed by atoms with van der Waals surface area (Å²) in [7, 11) is 0. The van der Waals surface area contributed by atoms with Crippen LogP contribution in [0.5, 0.6) is 0 Å². The van der Waals surface area contributed by atoms with Crippen molar-refractivity contribution in [3.8, 4) is 10.6 Å². The van der Waals surface area contributed by atoms with Gasteiger partial charge >= 0.3 is 0 Å². The van der Waals surface area contributed by atoms with Crippen molar-refractivity contribution in [3.05, 3.63) is 68.8 Å². The van der Waals surface area contributed by atoms with Crippen molar-refractivity contribution < 1.29 is 9.59 Å². The lowest BCUT2D eigenvalue weighted by atomic mass is 10.2. The third-order valence-corrected chi connectivity index (χ3v) is 7.68. The number of benzene rings is 1. The van der Waals surface area contributed by atoms with Gasteiger partial charge in [0.25, 0.3) is 5.91 Å². The monoisotopic (exact) mass is 486 g/mol. The Bertz CT molecular complexity index is 1170. The number of thiazole rings is 2. The van der Waals surface area contributed by atoms with Crippen LogP contribution in [0.15, 0.2) is 57.6 Å². The molecule has 0 spiro atoms. The standard InChI is InChI=1S/C21H18N4O2S4/c1-13(26)22-8-17-6-7-19(31-17)18-11-30-21(24-18)25-20(27)14-2-4-16(5-3-14)29-10-15-9-28-12-23-15/h2-7,9,11-12H,8,10H2,1H3,(H,22,26)(H,24,25,27). The first-order valence-corrected chi connectivity index (χ1v) is 12.9. The number of nitrogens with zero attached hydrogens (tertiary/aromatic N) is 2. The van der Waals surface area contributed by atoms with Crippen LogP contribution in [0.2, 0.25) is 0 Å². The van der Waals surface area contributed by atoms with Gasteiger partial charge in [-0.05, 0) is 36.4 Å². The number of amides is 2. The zero-order valence-corrected chi connectivity index (χ0v) is 19.7. The normalized spacial score (nSPS) is 10.7. The predicted octanol–water partition coefficient (Wildman–Crippen LogP) is 5.51. The van der Waals surface area contributed by atoms with Crippen molar-refractivity contribution in [2.75, 3.05) is 5.32 Å². The molecule has 2 N–H and O–H groups in total. The zero-order chi connectivity index (χ0) is 21.6. The maximum atomic E-state index is 12.6. The molecule has 31 heavy (non-hydrogen) atoms. The van der Waals surface area contributed by atoms with Crippen molar-refractivity contribution in [2.45, 2.75) is 24.1 Å². The highest BCUT2D eigenvalue weighted by molar-refractivity contribution is 7.98. The van der Waals surface area contributed by atoms with E-state index in [0.29, 0.717) is 17.2 Å². The topological polar surface area (TPSA) is 84.0 Å². The van der Waals surface area contributed by atoms with Gasteiger partial charge in [-0.2, -0.15) is 0 Å². The maximum Gasteiger partial charge on any atom is 0.257 e. The third kappa shape index (κ3) is 6.01. The van der Waals surface area contributed by atoms with Crippen LogP contribution >= 0.6 is 45.8 Å². The highest BCUT2D eigenvalue weighted by Gasteiger charge is 2.12. The SMILES string of the molecule is CC(=O)NCc1ccc(-c2csc(NC(=O)c3ccc(SCc4cscn4)cc3)n2)s1. The van der Waals surface area contributed by atoms with E-state index in [4.69, 9.17) is 0 Å². The summed E-state index contributed by atoms with van der Waals surface area (Å²) >= 11 is 6.24. The number of carbonyl (C=O) groups is 2. The smallest absolute Gasteiger partial charge is 0.257 e. The van der Waals surface area contributed by atoms with Gasteiger partial charge in [0.15, 0.2) is 5.13 Å². The van der Waals surface area contributed by atoms with Crippen LogP contribution in [-0.2, 0) is 17.1 Å². The lowest BCUT2D eigenvalue weighted by Crippen LogP contribution is -2.17. The number of carbonyl (C=O) groups excluding carboxylic acids is 2. The van der Waals surface area contributed by atoms with E-state index in [1.54, 1.807) is 34.4 Å². The Morgan fingerprint density at radius 2 is 1.94 bits per heavy atom. The van der Waals surface area contributed by atoms with Gasteiger partial charge in [-0.25, -0.2) is 9.97 Å². The number of rotatable bonds is 8. The average molecular weight is 487 g/mol. The fourth-order valence-electron chi connectivity index (χ4n) is 2.60. The molecule has 2 amide bonds. The molecular weight excluding hydrogens is 469 g/mol. The molecule has 0 unspecified atom stereocenters. The number of thioether (sulfide) groups is 1. The van der Waals surface area contributed by atoms with Gasteiger partial charge in [-0.3, -0.25) is 14.9 Å². The first-order chi connectivity index (χ1) is 15.1. The second kappa shape index (κ2) is 10.2. The highest BCUT2D eigenvalue weighted by Crippen LogP contribution is 2.31. The molecule has 0 bridgehead atoms. The lowest BCUT2D eigenvalue weighted by Gasteiger charge is -2.04. The summed E-state index contributed by atoms with van der Waals surface area (Å²) in [5.41, 5.74) is 4.29. The van der Waals surface area contributed by atoms with E-state index in [0.717, 1.165) is 31.8 Å². The van der Waals surface area contributed by atoms with Gasteiger partial charge in [-0.1, -0.05) is 0 Å². The van der Waals surface area contributed by atoms with Crippen LogP contribution in [0.4, 0.5) is 5.13 Å². The molecular formula is C21H18N4O2S4. The molecule has 0 fully saturated rings. The summed E-state index contributed by atoms with van der Waals surface area (Å²) in [6.45, 7) is 2.00. The molecule has 158 valence electrons. The molecule has 4 rings (SSSR count). The number of thiophene rings is 1. The summed E-state index contributed by atoms with van der Waals surface area (Å²) in [5, 5.41) is 10.2. The van der Waals surface area contributed by atoms with Crippen LogP contribution in [-0.4, -0.2) is 21.8 Å². The molecule has 3 heterocycles. The fraction of sp³-hybridized carbons (Fsp3) is 0.143. The van der Waals surface area contributed by atoms with Gasteiger partial charge < -0.3 is 5.32 Å². The van der Waals surface area contributed by atoms with Gasteiger partial charge in [0, 0.05) is 38.8 Å². The molecule has 0 saturated heterocycles. The number of aromatic nitrogens is 2. The summed E-state index contributed by atoms with van der Waals surface area (Å²) < 4.78 is 0. The number of anilines is 1. The Kier molecular flexibility index (Phi) is 7.13. The minimum Gasteiger partial charge on any atom is -0.351 e. The zero-order valence-electron chi connectivity index (χ0n) is 16.5. The summed E-state index contributed by atoms with van der Waals surface area (Å²) in [5.74, 6) is 0.570. The van der Waals surface area contributed by atoms with Crippen LogP contribution in [0.3, 0.4) is 0 Å². The van der Waals surface area contributed by atoms with Gasteiger partial charge in [-0.15, -0.1) is 45.8 Å². The molecule has 3 aromatic heterocycles. The van der Waals surface area contributed by atoms with E-state index < -0.39 is 0 Å². The number of hydrogen-bond donors (Lipinski definition) is 2. The Labute approximate surface area is 195 Å².